The molecule has 0 unspecified atom stereocenters. The second-order valence-corrected chi connectivity index (χ2v) is 4.99. The summed E-state index contributed by atoms with van der Waals surface area (Å²) in [6.07, 6.45) is 3.86. The van der Waals surface area contributed by atoms with E-state index in [0.717, 1.165) is 68.4 Å². The molecule has 0 saturated carbocycles. The Kier molecular flexibility index (Phi) is 9.30. The van der Waals surface area contributed by atoms with Crippen LogP contribution in [0.5, 0.6) is 0 Å². The first-order chi connectivity index (χ1) is 10.8. The van der Waals surface area contributed by atoms with Crippen LogP contribution in [0.15, 0.2) is 9.52 Å². The maximum atomic E-state index is 5.37. The Morgan fingerprint density at radius 1 is 1.18 bits per heavy atom. The summed E-state index contributed by atoms with van der Waals surface area (Å²) >= 11 is 0. The van der Waals surface area contributed by atoms with E-state index in [9.17, 15) is 0 Å². The van der Waals surface area contributed by atoms with Crippen molar-refractivity contribution in [3.8, 4) is 0 Å². The quantitative estimate of drug-likeness (QED) is 0.394. The maximum Gasteiger partial charge on any atom is 0.191 e. The van der Waals surface area contributed by atoms with Crippen molar-refractivity contribution in [1.82, 2.24) is 15.8 Å². The lowest BCUT2D eigenvalue weighted by molar-refractivity contribution is 0.143. The fourth-order valence-electron chi connectivity index (χ4n) is 2.21. The van der Waals surface area contributed by atoms with Gasteiger partial charge in [-0.3, -0.25) is 4.99 Å². The number of nitrogens with one attached hydrogen (secondary N) is 2. The van der Waals surface area contributed by atoms with Gasteiger partial charge in [-0.2, -0.15) is 0 Å². The standard InChI is InChI=1S/C16H30N4O2/c1-5-14-13(15(6-2)22-20-14)12-19-16(17-4)18-10-8-9-11-21-7-3/h5-12H2,1-4H3,(H2,17,18,19). The normalized spacial score (nSPS) is 11.7. The summed E-state index contributed by atoms with van der Waals surface area (Å²) in [7, 11) is 1.78. The minimum atomic E-state index is 0.689. The van der Waals surface area contributed by atoms with E-state index in [2.05, 4.69) is 34.6 Å². The van der Waals surface area contributed by atoms with E-state index in [-0.39, 0.29) is 0 Å². The highest BCUT2D eigenvalue weighted by Gasteiger charge is 2.13. The van der Waals surface area contributed by atoms with Gasteiger partial charge in [-0.15, -0.1) is 0 Å². The fourth-order valence-corrected chi connectivity index (χ4v) is 2.21. The molecule has 0 aromatic carbocycles. The molecule has 0 atom stereocenters. The van der Waals surface area contributed by atoms with Crippen molar-refractivity contribution in [2.45, 2.75) is 53.0 Å². The molecule has 22 heavy (non-hydrogen) atoms. The maximum absolute atomic E-state index is 5.37. The number of unbranched alkanes of at least 4 members (excludes halogenated alkanes) is 1. The summed E-state index contributed by atoms with van der Waals surface area (Å²) in [5.74, 6) is 1.76. The summed E-state index contributed by atoms with van der Waals surface area (Å²) in [6.45, 7) is 9.37. The van der Waals surface area contributed by atoms with Gasteiger partial charge >= 0.3 is 0 Å². The highest BCUT2D eigenvalue weighted by atomic mass is 16.5. The molecule has 1 aromatic heterocycles. The van der Waals surface area contributed by atoms with Crippen molar-refractivity contribution >= 4 is 5.96 Å². The third kappa shape index (κ3) is 6.05. The largest absolute Gasteiger partial charge is 0.382 e. The Labute approximate surface area is 133 Å². The van der Waals surface area contributed by atoms with Gasteiger partial charge in [-0.1, -0.05) is 19.0 Å². The number of aromatic nitrogens is 1. The van der Waals surface area contributed by atoms with Gasteiger partial charge in [0, 0.05) is 45.3 Å². The first-order valence-corrected chi connectivity index (χ1v) is 8.25. The predicted octanol–water partition coefficient (Wildman–Crippen LogP) is 2.28. The van der Waals surface area contributed by atoms with Gasteiger partial charge in [0.05, 0.1) is 5.69 Å². The van der Waals surface area contributed by atoms with Crippen LogP contribution >= 0.6 is 0 Å². The molecule has 0 saturated heterocycles. The summed E-state index contributed by atoms with van der Waals surface area (Å²) in [6, 6.07) is 0. The zero-order valence-corrected chi connectivity index (χ0v) is 14.4. The second kappa shape index (κ2) is 11.1. The Morgan fingerprint density at radius 3 is 2.64 bits per heavy atom. The van der Waals surface area contributed by atoms with Crippen molar-refractivity contribution in [3.63, 3.8) is 0 Å². The molecule has 126 valence electrons. The first-order valence-electron chi connectivity index (χ1n) is 8.25. The van der Waals surface area contributed by atoms with Crippen LogP contribution in [-0.4, -0.2) is 37.9 Å². The average Bonchev–Trinajstić information content (AvgIpc) is 2.95. The fraction of sp³-hybridized carbons (Fsp3) is 0.750. The monoisotopic (exact) mass is 310 g/mol. The van der Waals surface area contributed by atoms with E-state index >= 15 is 0 Å². The van der Waals surface area contributed by atoms with Crippen LogP contribution in [0.1, 0.15) is 50.6 Å². The van der Waals surface area contributed by atoms with Crippen molar-refractivity contribution in [2.24, 2.45) is 4.99 Å². The number of ether oxygens (including phenoxy) is 1. The summed E-state index contributed by atoms with van der Waals surface area (Å²) < 4.78 is 10.7. The van der Waals surface area contributed by atoms with Crippen LogP contribution in [0.3, 0.4) is 0 Å². The van der Waals surface area contributed by atoms with Crippen LogP contribution in [-0.2, 0) is 24.1 Å². The molecule has 0 radical (unpaired) electrons. The lowest BCUT2D eigenvalue weighted by Gasteiger charge is -2.12. The van der Waals surface area contributed by atoms with E-state index in [1.807, 2.05) is 6.92 Å². The lowest BCUT2D eigenvalue weighted by atomic mass is 10.1. The Morgan fingerprint density at radius 2 is 2.00 bits per heavy atom. The number of hydrogen-bond acceptors (Lipinski definition) is 4. The summed E-state index contributed by atoms with van der Waals surface area (Å²) in [5, 5.41) is 10.8. The molecule has 0 aliphatic carbocycles. The van der Waals surface area contributed by atoms with Gasteiger partial charge in [0.25, 0.3) is 0 Å². The minimum Gasteiger partial charge on any atom is -0.382 e. The number of aliphatic imine (C=N–C) groups is 1. The van der Waals surface area contributed by atoms with Crippen LogP contribution < -0.4 is 10.6 Å². The van der Waals surface area contributed by atoms with Crippen LogP contribution in [0, 0.1) is 0 Å². The van der Waals surface area contributed by atoms with Gasteiger partial charge in [-0.25, -0.2) is 0 Å². The van der Waals surface area contributed by atoms with Crippen molar-refractivity contribution in [3.05, 3.63) is 17.0 Å². The Balaban J connectivity index is 2.36. The van der Waals surface area contributed by atoms with E-state index in [1.54, 1.807) is 7.05 Å². The van der Waals surface area contributed by atoms with Gasteiger partial charge in [0.2, 0.25) is 0 Å². The zero-order chi connectivity index (χ0) is 16.2. The molecule has 0 aliphatic rings. The summed E-state index contributed by atoms with van der Waals surface area (Å²) in [4.78, 5) is 4.24. The van der Waals surface area contributed by atoms with Crippen molar-refractivity contribution in [2.75, 3.05) is 26.8 Å². The van der Waals surface area contributed by atoms with Crippen molar-refractivity contribution < 1.29 is 9.26 Å². The third-order valence-electron chi connectivity index (χ3n) is 3.48. The molecule has 2 N–H and O–H groups in total. The third-order valence-corrected chi connectivity index (χ3v) is 3.48. The Hall–Kier alpha value is -1.56. The topological polar surface area (TPSA) is 71.7 Å². The molecular weight excluding hydrogens is 280 g/mol. The van der Waals surface area contributed by atoms with Gasteiger partial charge < -0.3 is 19.9 Å². The molecule has 1 rings (SSSR count). The molecule has 0 spiro atoms. The molecule has 6 nitrogen and oxygen atoms in total. The number of guanidine groups is 1. The van der Waals surface area contributed by atoms with E-state index in [1.165, 1.54) is 0 Å². The van der Waals surface area contributed by atoms with E-state index < -0.39 is 0 Å². The second-order valence-electron chi connectivity index (χ2n) is 4.99. The van der Waals surface area contributed by atoms with E-state index in [0.29, 0.717) is 6.54 Å². The molecule has 0 aliphatic heterocycles. The highest BCUT2D eigenvalue weighted by Crippen LogP contribution is 2.15. The lowest BCUT2D eigenvalue weighted by Crippen LogP contribution is -2.37. The Bertz CT molecular complexity index is 422. The number of aryl methyl sites for hydroxylation is 2. The first kappa shape index (κ1) is 18.5. The minimum absolute atomic E-state index is 0.689. The van der Waals surface area contributed by atoms with Gasteiger partial charge in [0.15, 0.2) is 5.96 Å². The number of rotatable bonds is 10. The molecule has 1 aromatic rings. The van der Waals surface area contributed by atoms with E-state index in [4.69, 9.17) is 9.26 Å². The van der Waals surface area contributed by atoms with Gasteiger partial charge in [-0.05, 0) is 26.2 Å². The number of nitrogens with zero attached hydrogens (tertiary/aromatic N) is 2. The number of hydrogen-bond donors (Lipinski definition) is 2. The molecule has 0 bridgehead atoms. The SMILES string of the molecule is CCOCCCCNC(=NC)NCc1c(CC)noc1CC. The van der Waals surface area contributed by atoms with Crippen LogP contribution in [0.4, 0.5) is 0 Å². The zero-order valence-electron chi connectivity index (χ0n) is 14.4. The average molecular weight is 310 g/mol. The van der Waals surface area contributed by atoms with Crippen LogP contribution in [0.25, 0.3) is 0 Å². The molecule has 6 heteroatoms. The van der Waals surface area contributed by atoms with Crippen molar-refractivity contribution in [1.29, 1.82) is 0 Å². The molecule has 0 fully saturated rings. The summed E-state index contributed by atoms with van der Waals surface area (Å²) in [5.41, 5.74) is 2.18. The smallest absolute Gasteiger partial charge is 0.191 e. The molecule has 0 amide bonds. The highest BCUT2D eigenvalue weighted by molar-refractivity contribution is 5.79. The van der Waals surface area contributed by atoms with Gasteiger partial charge in [0.1, 0.15) is 5.76 Å². The van der Waals surface area contributed by atoms with Crippen LogP contribution in [0.2, 0.25) is 0 Å². The molecule has 1 heterocycles. The predicted molar refractivity (Wildman–Crippen MR) is 89.2 cm³/mol. The molecular formula is C16H30N4O2.